The molecule has 0 aliphatic carbocycles. The number of furan rings is 1. The fraction of sp³-hybridized carbons (Fsp3) is 0.148. The van der Waals surface area contributed by atoms with Crippen LogP contribution in [0.5, 0.6) is 0 Å². The number of hydrogen-bond acceptors (Lipinski definition) is 6. The number of nitrogens with one attached hydrogen (secondary N) is 1. The molecule has 9 heteroatoms. The molecule has 5 heterocycles. The zero-order valence-electron chi connectivity index (χ0n) is 19.4. The number of para-hydroxylation sites is 2. The zero-order chi connectivity index (χ0) is 24.3. The van der Waals surface area contributed by atoms with Gasteiger partial charge in [0, 0.05) is 31.0 Å². The molecule has 9 nitrogen and oxygen atoms in total. The molecule has 0 fully saturated rings. The predicted octanol–water partition coefficient (Wildman–Crippen LogP) is 4.30. The minimum Gasteiger partial charge on any atom is -0.467 e. The molecule has 6 aromatic rings. The minimum atomic E-state index is -0.166. The summed E-state index contributed by atoms with van der Waals surface area (Å²) in [4.78, 5) is 26.8. The molecular weight excluding hydrogens is 454 g/mol. The van der Waals surface area contributed by atoms with Crippen LogP contribution in [0.25, 0.3) is 33.3 Å². The lowest BCUT2D eigenvalue weighted by Gasteiger charge is -2.10. The number of fused-ring (bicyclic) bond motifs is 2. The van der Waals surface area contributed by atoms with Gasteiger partial charge in [-0.1, -0.05) is 12.1 Å². The molecule has 0 saturated carbocycles. The van der Waals surface area contributed by atoms with E-state index in [0.29, 0.717) is 35.4 Å². The van der Waals surface area contributed by atoms with Gasteiger partial charge < -0.3 is 14.3 Å². The molecule has 0 unspecified atom stereocenters. The number of carbonyl (C=O) groups is 1. The Morgan fingerprint density at radius 2 is 2.00 bits per heavy atom. The molecule has 1 amide bonds. The molecule has 6 rings (SSSR count). The highest BCUT2D eigenvalue weighted by Crippen LogP contribution is 2.25. The first kappa shape index (κ1) is 21.7. The summed E-state index contributed by atoms with van der Waals surface area (Å²) in [5, 5.41) is 8.25. The van der Waals surface area contributed by atoms with Gasteiger partial charge in [0.15, 0.2) is 5.65 Å². The van der Waals surface area contributed by atoms with E-state index in [1.807, 2.05) is 48.8 Å². The highest BCUT2D eigenvalue weighted by molar-refractivity contribution is 6.06. The number of carbonyl (C=O) groups excluding carboxylic acids is 1. The van der Waals surface area contributed by atoms with Crippen molar-refractivity contribution in [3.05, 3.63) is 97.1 Å². The van der Waals surface area contributed by atoms with E-state index in [1.54, 1.807) is 35.6 Å². The summed E-state index contributed by atoms with van der Waals surface area (Å²) in [6, 6.07) is 17.3. The van der Waals surface area contributed by atoms with Gasteiger partial charge in [0.2, 0.25) is 0 Å². The van der Waals surface area contributed by atoms with Gasteiger partial charge in [0.1, 0.15) is 12.3 Å². The first-order valence-corrected chi connectivity index (χ1v) is 11.7. The predicted molar refractivity (Wildman–Crippen MR) is 135 cm³/mol. The van der Waals surface area contributed by atoms with Gasteiger partial charge in [-0.3, -0.25) is 9.78 Å². The van der Waals surface area contributed by atoms with Crippen LogP contribution in [0.2, 0.25) is 0 Å². The topological polar surface area (TPSA) is 104 Å². The van der Waals surface area contributed by atoms with Crippen molar-refractivity contribution >= 4 is 28.0 Å². The summed E-state index contributed by atoms with van der Waals surface area (Å²) in [7, 11) is 0. The van der Waals surface area contributed by atoms with Gasteiger partial charge >= 0.3 is 0 Å². The fourth-order valence-corrected chi connectivity index (χ4v) is 4.30. The second kappa shape index (κ2) is 9.46. The highest BCUT2D eigenvalue weighted by Gasteiger charge is 2.18. The van der Waals surface area contributed by atoms with Gasteiger partial charge in [-0.2, -0.15) is 5.10 Å². The van der Waals surface area contributed by atoms with Gasteiger partial charge in [0.25, 0.3) is 5.91 Å². The largest absolute Gasteiger partial charge is 0.467 e. The molecule has 36 heavy (non-hydrogen) atoms. The van der Waals surface area contributed by atoms with E-state index in [2.05, 4.69) is 31.0 Å². The van der Waals surface area contributed by atoms with Crippen molar-refractivity contribution < 1.29 is 9.21 Å². The van der Waals surface area contributed by atoms with Gasteiger partial charge in [-0.25, -0.2) is 14.6 Å². The second-order valence-corrected chi connectivity index (χ2v) is 8.45. The average molecular weight is 478 g/mol. The third-order valence-electron chi connectivity index (χ3n) is 6.09. The second-order valence-electron chi connectivity index (χ2n) is 8.45. The molecule has 0 saturated heterocycles. The van der Waals surface area contributed by atoms with Crippen LogP contribution >= 0.6 is 0 Å². The van der Waals surface area contributed by atoms with E-state index in [4.69, 9.17) is 9.40 Å². The number of amides is 1. The maximum absolute atomic E-state index is 13.3. The SMILES string of the molecule is O=C(NCCCn1cnc2ccccc21)c1cc(-c2cccnc2)nc2c1cnn2Cc1ccco1. The average Bonchev–Trinajstić information content (AvgIpc) is 3.68. The fourth-order valence-electron chi connectivity index (χ4n) is 4.30. The van der Waals surface area contributed by atoms with Crippen LogP contribution in [0.3, 0.4) is 0 Å². The molecule has 1 aromatic carbocycles. The summed E-state index contributed by atoms with van der Waals surface area (Å²) < 4.78 is 9.33. The molecule has 178 valence electrons. The number of hydrogen-bond donors (Lipinski definition) is 1. The lowest BCUT2D eigenvalue weighted by atomic mass is 10.1. The van der Waals surface area contributed by atoms with Crippen LogP contribution in [-0.2, 0) is 13.1 Å². The Balaban J connectivity index is 1.25. The standard InChI is InChI=1S/C27H23N7O2/c35-27(29-11-5-12-33-18-30-23-8-1-2-9-25(23)33)21-14-24(19-6-3-10-28-15-19)32-26-22(21)16-31-34(26)17-20-7-4-13-36-20/h1-4,6-10,13-16,18H,5,11-12,17H2,(H,29,35). The lowest BCUT2D eigenvalue weighted by Crippen LogP contribution is -2.25. The van der Waals surface area contributed by atoms with Crippen LogP contribution in [-0.4, -0.2) is 41.8 Å². The van der Waals surface area contributed by atoms with Gasteiger partial charge in [-0.05, 0) is 48.9 Å². The third kappa shape index (κ3) is 4.22. The number of aromatic nitrogens is 6. The van der Waals surface area contributed by atoms with Crippen molar-refractivity contribution in [1.82, 2.24) is 34.6 Å². The molecule has 0 aliphatic rings. The van der Waals surface area contributed by atoms with Crippen LogP contribution in [0.4, 0.5) is 0 Å². The molecule has 0 aliphatic heterocycles. The minimum absolute atomic E-state index is 0.166. The van der Waals surface area contributed by atoms with E-state index in [0.717, 1.165) is 35.3 Å². The van der Waals surface area contributed by atoms with Crippen molar-refractivity contribution in [3.63, 3.8) is 0 Å². The number of nitrogens with zero attached hydrogens (tertiary/aromatic N) is 6. The van der Waals surface area contributed by atoms with Crippen molar-refractivity contribution in [1.29, 1.82) is 0 Å². The molecule has 0 bridgehead atoms. The number of imidazole rings is 1. The van der Waals surface area contributed by atoms with Crippen molar-refractivity contribution in [2.45, 2.75) is 19.5 Å². The van der Waals surface area contributed by atoms with E-state index >= 15 is 0 Å². The van der Waals surface area contributed by atoms with E-state index in [1.165, 1.54) is 0 Å². The smallest absolute Gasteiger partial charge is 0.252 e. The Morgan fingerprint density at radius 1 is 1.06 bits per heavy atom. The summed E-state index contributed by atoms with van der Waals surface area (Å²) in [6.45, 7) is 1.70. The van der Waals surface area contributed by atoms with Crippen molar-refractivity contribution in [3.8, 4) is 11.3 Å². The van der Waals surface area contributed by atoms with Crippen molar-refractivity contribution in [2.75, 3.05) is 6.54 Å². The Kier molecular flexibility index (Phi) is 5.71. The number of benzene rings is 1. The van der Waals surface area contributed by atoms with E-state index in [-0.39, 0.29) is 5.91 Å². The van der Waals surface area contributed by atoms with E-state index in [9.17, 15) is 4.79 Å². The lowest BCUT2D eigenvalue weighted by molar-refractivity contribution is 0.0954. The third-order valence-corrected chi connectivity index (χ3v) is 6.09. The number of rotatable bonds is 8. The summed E-state index contributed by atoms with van der Waals surface area (Å²) in [5.41, 5.74) is 4.68. The van der Waals surface area contributed by atoms with Gasteiger partial charge in [0.05, 0.1) is 46.5 Å². The van der Waals surface area contributed by atoms with Gasteiger partial charge in [-0.15, -0.1) is 0 Å². The van der Waals surface area contributed by atoms with Crippen LogP contribution in [0.15, 0.2) is 90.2 Å². The number of pyridine rings is 2. The maximum Gasteiger partial charge on any atom is 0.252 e. The zero-order valence-corrected chi connectivity index (χ0v) is 19.4. The normalized spacial score (nSPS) is 11.3. The summed E-state index contributed by atoms with van der Waals surface area (Å²) in [6.07, 6.45) is 9.37. The molecule has 0 spiro atoms. The summed E-state index contributed by atoms with van der Waals surface area (Å²) in [5.74, 6) is 0.590. The quantitative estimate of drug-likeness (QED) is 0.328. The monoisotopic (exact) mass is 477 g/mol. The Labute approximate surface area is 206 Å². The van der Waals surface area contributed by atoms with Crippen LogP contribution in [0.1, 0.15) is 22.5 Å². The molecular formula is C27H23N7O2. The molecule has 1 N–H and O–H groups in total. The summed E-state index contributed by atoms with van der Waals surface area (Å²) >= 11 is 0. The molecule has 0 atom stereocenters. The van der Waals surface area contributed by atoms with Crippen LogP contribution in [0, 0.1) is 0 Å². The Bertz CT molecular complexity index is 1640. The van der Waals surface area contributed by atoms with Crippen molar-refractivity contribution in [2.24, 2.45) is 0 Å². The maximum atomic E-state index is 13.3. The first-order chi connectivity index (χ1) is 17.8. The highest BCUT2D eigenvalue weighted by atomic mass is 16.3. The first-order valence-electron chi connectivity index (χ1n) is 11.7. The Morgan fingerprint density at radius 3 is 2.86 bits per heavy atom. The Hall–Kier alpha value is -4.79. The van der Waals surface area contributed by atoms with E-state index < -0.39 is 0 Å². The number of aryl methyl sites for hydroxylation is 1. The molecule has 5 aromatic heterocycles. The van der Waals surface area contributed by atoms with Crippen LogP contribution < -0.4 is 5.32 Å². The molecule has 0 radical (unpaired) electrons.